The van der Waals surface area contributed by atoms with Crippen molar-refractivity contribution in [1.29, 1.82) is 0 Å². The first kappa shape index (κ1) is 20.2. The molecule has 1 amide bonds. The lowest BCUT2D eigenvalue weighted by Gasteiger charge is -2.29. The summed E-state index contributed by atoms with van der Waals surface area (Å²) in [5, 5.41) is 6.65. The zero-order valence-electron chi connectivity index (χ0n) is 14.7. The fourth-order valence-electron chi connectivity index (χ4n) is 3.18. The minimum absolute atomic E-state index is 0.0109. The first-order valence-corrected chi connectivity index (χ1v) is 8.46. The highest BCUT2D eigenvalue weighted by molar-refractivity contribution is 5.76. The van der Waals surface area contributed by atoms with E-state index < -0.39 is 35.4 Å². The Balaban J connectivity index is 1.63. The number of alkyl halides is 3. The highest BCUT2D eigenvalue weighted by Gasteiger charge is 2.39. The molecule has 0 fully saturated rings. The number of hydrogen-bond acceptors (Lipinski definition) is 3. The standard InChI is InChI=1S/C17H16F6N4O/c1-9(4-10-6-12(19)13(20)7-11(10)18)5-15(28)26-2-3-27-14(8-26)24-25-16(27)17(21,22)23/h6-7,9H,2-5,8H2,1H3/t9-/m0/s1. The molecule has 152 valence electrons. The van der Waals surface area contributed by atoms with Gasteiger partial charge in [0.15, 0.2) is 17.5 Å². The van der Waals surface area contributed by atoms with Gasteiger partial charge in [0.25, 0.3) is 0 Å². The second kappa shape index (κ2) is 7.44. The number of fused-ring (bicyclic) bond motifs is 1. The number of benzene rings is 1. The van der Waals surface area contributed by atoms with E-state index in [-0.39, 0.29) is 49.8 Å². The number of aromatic nitrogens is 3. The summed E-state index contributed by atoms with van der Waals surface area (Å²) in [7, 11) is 0. The third-order valence-corrected chi connectivity index (χ3v) is 4.54. The molecule has 0 bridgehead atoms. The predicted molar refractivity (Wildman–Crippen MR) is 84.2 cm³/mol. The molecule has 0 spiro atoms. The molecule has 0 unspecified atom stereocenters. The van der Waals surface area contributed by atoms with Crippen molar-refractivity contribution >= 4 is 5.91 Å². The fourth-order valence-corrected chi connectivity index (χ4v) is 3.18. The second-order valence-electron chi connectivity index (χ2n) is 6.78. The molecular formula is C17H16F6N4O. The number of nitrogens with zero attached hydrogens (tertiary/aromatic N) is 4. The van der Waals surface area contributed by atoms with Gasteiger partial charge in [-0.15, -0.1) is 10.2 Å². The van der Waals surface area contributed by atoms with Crippen LogP contribution in [-0.2, 0) is 30.5 Å². The summed E-state index contributed by atoms with van der Waals surface area (Å²) in [5.41, 5.74) is -0.0487. The van der Waals surface area contributed by atoms with Gasteiger partial charge >= 0.3 is 6.18 Å². The van der Waals surface area contributed by atoms with Crippen LogP contribution in [0.3, 0.4) is 0 Å². The summed E-state index contributed by atoms with van der Waals surface area (Å²) < 4.78 is 79.5. The normalized spacial score (nSPS) is 15.5. The van der Waals surface area contributed by atoms with Crippen LogP contribution in [0.4, 0.5) is 26.3 Å². The monoisotopic (exact) mass is 406 g/mol. The van der Waals surface area contributed by atoms with Crippen molar-refractivity contribution in [3.63, 3.8) is 0 Å². The number of hydrogen-bond donors (Lipinski definition) is 0. The zero-order chi connectivity index (χ0) is 20.6. The topological polar surface area (TPSA) is 51.0 Å². The SMILES string of the molecule is C[C@H](CC(=O)N1CCn2c(nnc2C(F)(F)F)C1)Cc1cc(F)c(F)cc1F. The van der Waals surface area contributed by atoms with Crippen LogP contribution in [0.15, 0.2) is 12.1 Å². The number of carbonyl (C=O) groups is 1. The average molecular weight is 406 g/mol. The fraction of sp³-hybridized carbons (Fsp3) is 0.471. The lowest BCUT2D eigenvalue weighted by Crippen LogP contribution is -2.40. The Morgan fingerprint density at radius 2 is 1.79 bits per heavy atom. The Kier molecular flexibility index (Phi) is 5.35. The van der Waals surface area contributed by atoms with Gasteiger partial charge < -0.3 is 9.47 Å². The average Bonchev–Trinajstić information content (AvgIpc) is 3.03. The maximum Gasteiger partial charge on any atom is 0.451 e. The Morgan fingerprint density at radius 1 is 1.11 bits per heavy atom. The van der Waals surface area contributed by atoms with E-state index in [0.717, 1.165) is 10.6 Å². The van der Waals surface area contributed by atoms with Crippen molar-refractivity contribution in [3.05, 3.63) is 46.8 Å². The first-order valence-electron chi connectivity index (χ1n) is 8.46. The molecule has 0 N–H and O–H groups in total. The zero-order valence-corrected chi connectivity index (χ0v) is 14.7. The molecule has 11 heteroatoms. The predicted octanol–water partition coefficient (Wildman–Crippen LogP) is 3.33. The largest absolute Gasteiger partial charge is 0.451 e. The van der Waals surface area contributed by atoms with Crippen LogP contribution < -0.4 is 0 Å². The highest BCUT2D eigenvalue weighted by atomic mass is 19.4. The molecule has 0 saturated carbocycles. The van der Waals surface area contributed by atoms with Gasteiger partial charge in [0.2, 0.25) is 11.7 Å². The smallest absolute Gasteiger partial charge is 0.333 e. The van der Waals surface area contributed by atoms with Gasteiger partial charge in [0, 0.05) is 25.6 Å². The summed E-state index contributed by atoms with van der Waals surface area (Å²) in [6.07, 6.45) is -4.64. The number of halogens is 6. The molecule has 1 atom stereocenters. The van der Waals surface area contributed by atoms with Gasteiger partial charge in [-0.2, -0.15) is 13.2 Å². The summed E-state index contributed by atoms with van der Waals surface area (Å²) in [6.45, 7) is 1.50. The molecule has 2 aromatic rings. The van der Waals surface area contributed by atoms with E-state index in [9.17, 15) is 31.1 Å². The number of rotatable bonds is 4. The van der Waals surface area contributed by atoms with E-state index in [4.69, 9.17) is 0 Å². The lowest BCUT2D eigenvalue weighted by molar-refractivity contribution is -0.148. The van der Waals surface area contributed by atoms with Crippen molar-refractivity contribution < 1.29 is 31.1 Å². The van der Waals surface area contributed by atoms with Crippen molar-refractivity contribution in [3.8, 4) is 0 Å². The molecule has 5 nitrogen and oxygen atoms in total. The minimum atomic E-state index is -4.62. The van der Waals surface area contributed by atoms with Crippen LogP contribution in [0.25, 0.3) is 0 Å². The third kappa shape index (κ3) is 4.12. The number of amides is 1. The van der Waals surface area contributed by atoms with E-state index >= 15 is 0 Å². The van der Waals surface area contributed by atoms with Gasteiger partial charge in [0.1, 0.15) is 5.82 Å². The Bertz CT molecular complexity index is 895. The molecule has 0 saturated heterocycles. The Labute approximate surface area is 156 Å². The van der Waals surface area contributed by atoms with Gasteiger partial charge in [-0.3, -0.25) is 4.79 Å². The van der Waals surface area contributed by atoms with E-state index in [2.05, 4.69) is 10.2 Å². The van der Waals surface area contributed by atoms with E-state index in [0.29, 0.717) is 6.07 Å². The first-order chi connectivity index (χ1) is 13.1. The molecule has 2 heterocycles. The number of carbonyl (C=O) groups excluding carboxylic acids is 1. The minimum Gasteiger partial charge on any atom is -0.333 e. The molecular weight excluding hydrogens is 390 g/mol. The highest BCUT2D eigenvalue weighted by Crippen LogP contribution is 2.29. The molecule has 1 aromatic carbocycles. The Morgan fingerprint density at radius 3 is 2.46 bits per heavy atom. The van der Waals surface area contributed by atoms with Gasteiger partial charge in [0.05, 0.1) is 6.54 Å². The molecule has 1 aromatic heterocycles. The molecule has 1 aliphatic heterocycles. The molecule has 1 aliphatic rings. The van der Waals surface area contributed by atoms with E-state index in [1.807, 2.05) is 0 Å². The summed E-state index contributed by atoms with van der Waals surface area (Å²) in [6, 6.07) is 1.21. The van der Waals surface area contributed by atoms with Crippen LogP contribution in [0.5, 0.6) is 0 Å². The maximum absolute atomic E-state index is 13.7. The van der Waals surface area contributed by atoms with Crippen molar-refractivity contribution in [1.82, 2.24) is 19.7 Å². The summed E-state index contributed by atoms with van der Waals surface area (Å²) >= 11 is 0. The molecule has 0 radical (unpaired) electrons. The van der Waals surface area contributed by atoms with Crippen molar-refractivity contribution in [2.24, 2.45) is 5.92 Å². The molecule has 3 rings (SSSR count). The van der Waals surface area contributed by atoms with Crippen LogP contribution in [0.1, 0.15) is 30.6 Å². The van der Waals surface area contributed by atoms with Gasteiger partial charge in [-0.25, -0.2) is 13.2 Å². The lowest BCUT2D eigenvalue weighted by atomic mass is 9.96. The van der Waals surface area contributed by atoms with Gasteiger partial charge in [-0.05, 0) is 24.0 Å². The quantitative estimate of drug-likeness (QED) is 0.578. The van der Waals surface area contributed by atoms with E-state index in [1.54, 1.807) is 6.92 Å². The van der Waals surface area contributed by atoms with Crippen LogP contribution in [0.2, 0.25) is 0 Å². The third-order valence-electron chi connectivity index (χ3n) is 4.54. The van der Waals surface area contributed by atoms with Crippen LogP contribution >= 0.6 is 0 Å². The summed E-state index contributed by atoms with van der Waals surface area (Å²) in [4.78, 5) is 13.8. The second-order valence-corrected chi connectivity index (χ2v) is 6.78. The maximum atomic E-state index is 13.7. The van der Waals surface area contributed by atoms with E-state index in [1.165, 1.54) is 4.90 Å². The van der Waals surface area contributed by atoms with Crippen molar-refractivity contribution in [2.75, 3.05) is 6.54 Å². The Hall–Kier alpha value is -2.59. The van der Waals surface area contributed by atoms with Crippen LogP contribution in [0, 0.1) is 23.4 Å². The van der Waals surface area contributed by atoms with Gasteiger partial charge in [-0.1, -0.05) is 6.92 Å². The van der Waals surface area contributed by atoms with Crippen molar-refractivity contribution in [2.45, 2.75) is 39.0 Å². The summed E-state index contributed by atoms with van der Waals surface area (Å²) in [5.74, 6) is -5.17. The van der Waals surface area contributed by atoms with Crippen LogP contribution in [-0.4, -0.2) is 32.1 Å². The molecule has 0 aliphatic carbocycles. The molecule has 28 heavy (non-hydrogen) atoms.